The van der Waals surface area contributed by atoms with E-state index in [0.29, 0.717) is 18.7 Å². The molecule has 0 radical (unpaired) electrons. The molecular formula is C12H14BrNO3. The molecule has 1 rings (SSSR count). The second-order valence-electron chi connectivity index (χ2n) is 3.60. The Morgan fingerprint density at radius 2 is 2.12 bits per heavy atom. The summed E-state index contributed by atoms with van der Waals surface area (Å²) >= 11 is 3.38. The number of rotatable bonds is 5. The molecule has 0 spiro atoms. The van der Waals surface area contributed by atoms with Crippen LogP contribution in [0.25, 0.3) is 0 Å². The zero-order valence-electron chi connectivity index (χ0n) is 9.75. The van der Waals surface area contributed by atoms with Crippen LogP contribution < -0.4 is 5.32 Å². The Hall–Kier alpha value is -1.20. The molecule has 0 amide bonds. The highest BCUT2D eigenvalue weighted by atomic mass is 79.9. The third-order valence-electron chi connectivity index (χ3n) is 2.16. The van der Waals surface area contributed by atoms with Crippen LogP contribution in [-0.2, 0) is 16.1 Å². The van der Waals surface area contributed by atoms with E-state index < -0.39 is 0 Å². The van der Waals surface area contributed by atoms with Crippen molar-refractivity contribution in [3.05, 3.63) is 33.8 Å². The first kappa shape index (κ1) is 13.9. The number of Topliss-reactive ketones (excluding diaryl/α,β-unsaturated/α-hetero) is 1. The lowest BCUT2D eigenvalue weighted by molar-refractivity contribution is -0.116. The van der Waals surface area contributed by atoms with Crippen LogP contribution >= 0.6 is 15.9 Å². The molecule has 0 aliphatic rings. The molecule has 1 aromatic carbocycles. The number of carbonyl (C=O) groups excluding carboxylic acids is 2. The van der Waals surface area contributed by atoms with Crippen molar-refractivity contribution >= 4 is 27.7 Å². The van der Waals surface area contributed by atoms with Crippen molar-refractivity contribution in [1.29, 1.82) is 0 Å². The van der Waals surface area contributed by atoms with Gasteiger partial charge in [0.1, 0.15) is 5.78 Å². The monoisotopic (exact) mass is 299 g/mol. The molecule has 0 unspecified atom stereocenters. The second-order valence-corrected chi connectivity index (χ2v) is 4.46. The maximum atomic E-state index is 11.3. The van der Waals surface area contributed by atoms with Gasteiger partial charge in [0.2, 0.25) is 0 Å². The zero-order valence-corrected chi connectivity index (χ0v) is 11.3. The van der Waals surface area contributed by atoms with E-state index in [9.17, 15) is 9.59 Å². The molecule has 1 aromatic rings. The smallest absolute Gasteiger partial charge is 0.337 e. The highest BCUT2D eigenvalue weighted by Gasteiger charge is 2.08. The van der Waals surface area contributed by atoms with Gasteiger partial charge in [0.25, 0.3) is 0 Å². The van der Waals surface area contributed by atoms with Crippen LogP contribution in [0.3, 0.4) is 0 Å². The van der Waals surface area contributed by atoms with Crippen molar-refractivity contribution in [2.24, 2.45) is 0 Å². The van der Waals surface area contributed by atoms with Gasteiger partial charge in [0.05, 0.1) is 19.2 Å². The van der Waals surface area contributed by atoms with Crippen molar-refractivity contribution in [2.75, 3.05) is 13.7 Å². The predicted octanol–water partition coefficient (Wildman–Crippen LogP) is 1.91. The molecule has 0 bridgehead atoms. The van der Waals surface area contributed by atoms with Gasteiger partial charge >= 0.3 is 5.97 Å². The Bertz CT molecular complexity index is 432. The van der Waals surface area contributed by atoms with E-state index in [0.717, 1.165) is 10.0 Å². The van der Waals surface area contributed by atoms with Gasteiger partial charge in [-0.25, -0.2) is 4.79 Å². The van der Waals surface area contributed by atoms with E-state index in [1.807, 2.05) is 6.07 Å². The van der Waals surface area contributed by atoms with Gasteiger partial charge in [-0.1, -0.05) is 22.0 Å². The first-order valence-electron chi connectivity index (χ1n) is 5.11. The van der Waals surface area contributed by atoms with Crippen molar-refractivity contribution in [1.82, 2.24) is 5.32 Å². The molecule has 0 heterocycles. The number of methoxy groups -OCH3 is 1. The van der Waals surface area contributed by atoms with E-state index >= 15 is 0 Å². The minimum absolute atomic E-state index is 0.0901. The van der Waals surface area contributed by atoms with Crippen LogP contribution in [0.4, 0.5) is 0 Å². The summed E-state index contributed by atoms with van der Waals surface area (Å²) < 4.78 is 5.44. The number of benzene rings is 1. The van der Waals surface area contributed by atoms with Gasteiger partial charge in [0, 0.05) is 11.0 Å². The Balaban J connectivity index is 2.69. The quantitative estimate of drug-likeness (QED) is 0.844. The number of hydrogen-bond donors (Lipinski definition) is 1. The fraction of sp³-hybridized carbons (Fsp3) is 0.333. The summed E-state index contributed by atoms with van der Waals surface area (Å²) in [5.41, 5.74) is 1.48. The van der Waals surface area contributed by atoms with E-state index in [1.54, 1.807) is 12.1 Å². The molecule has 1 N–H and O–H groups in total. The molecule has 4 nitrogen and oxygen atoms in total. The maximum Gasteiger partial charge on any atom is 0.337 e. The van der Waals surface area contributed by atoms with Crippen LogP contribution in [0.2, 0.25) is 0 Å². The first-order valence-corrected chi connectivity index (χ1v) is 5.90. The lowest BCUT2D eigenvalue weighted by Gasteiger charge is -2.07. The normalized spacial score (nSPS) is 10.1. The summed E-state index contributed by atoms with van der Waals surface area (Å²) in [6.07, 6.45) is 0. The van der Waals surface area contributed by atoms with Gasteiger partial charge in [0.15, 0.2) is 0 Å². The van der Waals surface area contributed by atoms with Crippen molar-refractivity contribution in [3.63, 3.8) is 0 Å². The van der Waals surface area contributed by atoms with Gasteiger partial charge in [-0.05, 0) is 24.6 Å². The summed E-state index contributed by atoms with van der Waals surface area (Å²) in [4.78, 5) is 22.0. The summed E-state index contributed by atoms with van der Waals surface area (Å²) in [5, 5.41) is 3.01. The molecule has 0 aliphatic heterocycles. The van der Waals surface area contributed by atoms with Crippen LogP contribution in [0.15, 0.2) is 22.7 Å². The second kappa shape index (κ2) is 6.51. The van der Waals surface area contributed by atoms with E-state index in [2.05, 4.69) is 26.0 Å². The lowest BCUT2D eigenvalue weighted by atomic mass is 10.1. The maximum absolute atomic E-state index is 11.3. The Morgan fingerprint density at radius 3 is 2.65 bits per heavy atom. The Morgan fingerprint density at radius 1 is 1.41 bits per heavy atom. The average molecular weight is 300 g/mol. The minimum Gasteiger partial charge on any atom is -0.465 e. The number of halogens is 1. The SMILES string of the molecule is COC(=O)c1ccc(CNCC(C)=O)c(Br)c1. The average Bonchev–Trinajstić information content (AvgIpc) is 2.29. The zero-order chi connectivity index (χ0) is 12.8. The molecule has 0 saturated carbocycles. The number of esters is 1. The molecule has 17 heavy (non-hydrogen) atoms. The van der Waals surface area contributed by atoms with Crippen LogP contribution in [0.1, 0.15) is 22.8 Å². The number of carbonyl (C=O) groups is 2. The third-order valence-corrected chi connectivity index (χ3v) is 2.90. The Kier molecular flexibility index (Phi) is 5.31. The summed E-state index contributed by atoms with van der Waals surface area (Å²) in [6.45, 7) is 2.44. The molecule has 0 aliphatic carbocycles. The third kappa shape index (κ3) is 4.28. The largest absolute Gasteiger partial charge is 0.465 e. The van der Waals surface area contributed by atoms with E-state index in [1.165, 1.54) is 14.0 Å². The standard InChI is InChI=1S/C12H14BrNO3/c1-8(15)6-14-7-10-4-3-9(5-11(10)13)12(16)17-2/h3-5,14H,6-7H2,1-2H3. The molecule has 0 saturated heterocycles. The molecule has 92 valence electrons. The predicted molar refractivity (Wildman–Crippen MR) is 67.9 cm³/mol. The van der Waals surface area contributed by atoms with Crippen molar-refractivity contribution in [3.8, 4) is 0 Å². The van der Waals surface area contributed by atoms with E-state index in [-0.39, 0.29) is 11.8 Å². The lowest BCUT2D eigenvalue weighted by Crippen LogP contribution is -2.20. The molecule has 5 heteroatoms. The number of ketones is 1. The first-order chi connectivity index (χ1) is 8.04. The summed E-state index contributed by atoms with van der Waals surface area (Å²) in [6, 6.07) is 5.22. The fourth-order valence-corrected chi connectivity index (χ4v) is 1.83. The topological polar surface area (TPSA) is 55.4 Å². The molecular weight excluding hydrogens is 286 g/mol. The van der Waals surface area contributed by atoms with Crippen LogP contribution in [0.5, 0.6) is 0 Å². The van der Waals surface area contributed by atoms with Crippen LogP contribution in [-0.4, -0.2) is 25.4 Å². The molecule has 0 atom stereocenters. The number of ether oxygens (including phenoxy) is 1. The van der Waals surface area contributed by atoms with Crippen molar-refractivity contribution in [2.45, 2.75) is 13.5 Å². The summed E-state index contributed by atoms with van der Waals surface area (Å²) in [7, 11) is 1.35. The fourth-order valence-electron chi connectivity index (χ4n) is 1.31. The van der Waals surface area contributed by atoms with E-state index in [4.69, 9.17) is 0 Å². The van der Waals surface area contributed by atoms with Gasteiger partial charge in [-0.3, -0.25) is 4.79 Å². The van der Waals surface area contributed by atoms with Crippen LogP contribution in [0, 0.1) is 0 Å². The number of hydrogen-bond acceptors (Lipinski definition) is 4. The van der Waals surface area contributed by atoms with Gasteiger partial charge in [-0.15, -0.1) is 0 Å². The highest BCUT2D eigenvalue weighted by molar-refractivity contribution is 9.10. The van der Waals surface area contributed by atoms with Gasteiger partial charge in [-0.2, -0.15) is 0 Å². The molecule has 0 aromatic heterocycles. The van der Waals surface area contributed by atoms with Gasteiger partial charge < -0.3 is 10.1 Å². The Labute approximate surface area is 108 Å². The highest BCUT2D eigenvalue weighted by Crippen LogP contribution is 2.19. The number of nitrogens with one attached hydrogen (secondary N) is 1. The van der Waals surface area contributed by atoms with Crippen molar-refractivity contribution < 1.29 is 14.3 Å². The minimum atomic E-state index is -0.367. The molecule has 0 fully saturated rings. The summed E-state index contributed by atoms with van der Waals surface area (Å²) in [5.74, 6) is -0.277.